The number of nitrogens with one attached hydrogen (secondary N) is 1. The second kappa shape index (κ2) is 7.55. The summed E-state index contributed by atoms with van der Waals surface area (Å²) in [6.45, 7) is 1.66. The Morgan fingerprint density at radius 3 is 2.63 bits per heavy atom. The van der Waals surface area contributed by atoms with E-state index in [1.807, 2.05) is 6.07 Å². The number of carbonyl (C=O) groups excluding carboxylic acids is 1. The standard InChI is InChI=1S/C20H16Cl2N4O/c21-15-5-6-16(22)17(9-15)25-20(27)18-10-24-19(11-23-18)26-8-7-13-3-1-2-4-14(13)12-26/h1-6,9-11H,7-8,12H2,(H,25,27). The molecule has 2 heterocycles. The number of aromatic nitrogens is 2. The highest BCUT2D eigenvalue weighted by molar-refractivity contribution is 6.35. The van der Waals surface area contributed by atoms with Crippen LogP contribution in [0.3, 0.4) is 0 Å². The summed E-state index contributed by atoms with van der Waals surface area (Å²) in [6.07, 6.45) is 4.07. The Morgan fingerprint density at radius 1 is 1.04 bits per heavy atom. The van der Waals surface area contributed by atoms with E-state index in [1.54, 1.807) is 24.4 Å². The summed E-state index contributed by atoms with van der Waals surface area (Å²) in [5.41, 5.74) is 3.32. The molecule has 1 amide bonds. The predicted molar refractivity (Wildman–Crippen MR) is 108 cm³/mol. The minimum absolute atomic E-state index is 0.215. The molecule has 2 aromatic carbocycles. The van der Waals surface area contributed by atoms with Crippen LogP contribution in [0.1, 0.15) is 21.6 Å². The van der Waals surface area contributed by atoms with Crippen molar-refractivity contribution in [2.45, 2.75) is 13.0 Å². The molecule has 0 saturated heterocycles. The maximum Gasteiger partial charge on any atom is 0.275 e. The van der Waals surface area contributed by atoms with E-state index in [0.717, 1.165) is 25.3 Å². The van der Waals surface area contributed by atoms with Gasteiger partial charge in [-0.2, -0.15) is 0 Å². The van der Waals surface area contributed by atoms with Gasteiger partial charge in [0, 0.05) is 18.1 Å². The first-order valence-corrected chi connectivity index (χ1v) is 9.26. The summed E-state index contributed by atoms with van der Waals surface area (Å²) in [7, 11) is 0. The van der Waals surface area contributed by atoms with Crippen LogP contribution in [0.15, 0.2) is 54.9 Å². The molecule has 1 aliphatic rings. The van der Waals surface area contributed by atoms with Gasteiger partial charge in [0.15, 0.2) is 0 Å². The van der Waals surface area contributed by atoms with Crippen LogP contribution in [0.25, 0.3) is 0 Å². The van der Waals surface area contributed by atoms with Crippen molar-refractivity contribution >= 4 is 40.6 Å². The molecule has 5 nitrogen and oxygen atoms in total. The Hall–Kier alpha value is -2.63. The Kier molecular flexibility index (Phi) is 4.97. The zero-order valence-corrected chi connectivity index (χ0v) is 15.8. The fraction of sp³-hybridized carbons (Fsp3) is 0.150. The first kappa shape index (κ1) is 17.8. The van der Waals surface area contributed by atoms with Gasteiger partial charge in [0.2, 0.25) is 0 Å². The molecule has 0 saturated carbocycles. The zero-order chi connectivity index (χ0) is 18.8. The van der Waals surface area contributed by atoms with E-state index in [0.29, 0.717) is 15.7 Å². The highest BCUT2D eigenvalue weighted by atomic mass is 35.5. The Balaban J connectivity index is 1.48. The minimum Gasteiger partial charge on any atom is -0.351 e. The first-order chi connectivity index (χ1) is 13.1. The molecule has 0 atom stereocenters. The van der Waals surface area contributed by atoms with E-state index in [2.05, 4.69) is 38.4 Å². The smallest absolute Gasteiger partial charge is 0.275 e. The molecule has 1 N–H and O–H groups in total. The van der Waals surface area contributed by atoms with Crippen molar-refractivity contribution in [3.05, 3.63) is 81.7 Å². The molecule has 0 bridgehead atoms. The van der Waals surface area contributed by atoms with E-state index in [1.165, 1.54) is 17.3 Å². The van der Waals surface area contributed by atoms with E-state index in [9.17, 15) is 4.79 Å². The highest BCUT2D eigenvalue weighted by Crippen LogP contribution is 2.26. The van der Waals surface area contributed by atoms with Crippen LogP contribution in [0.5, 0.6) is 0 Å². The van der Waals surface area contributed by atoms with Crippen molar-refractivity contribution in [1.82, 2.24) is 9.97 Å². The lowest BCUT2D eigenvalue weighted by molar-refractivity contribution is 0.102. The quantitative estimate of drug-likeness (QED) is 0.700. The van der Waals surface area contributed by atoms with Gasteiger partial charge in [0.05, 0.1) is 23.1 Å². The SMILES string of the molecule is O=C(Nc1cc(Cl)ccc1Cl)c1cnc(N2CCc3ccccc3C2)cn1. The summed E-state index contributed by atoms with van der Waals surface area (Å²) in [6, 6.07) is 13.3. The van der Waals surface area contributed by atoms with E-state index in [-0.39, 0.29) is 11.6 Å². The summed E-state index contributed by atoms with van der Waals surface area (Å²) >= 11 is 12.0. The molecule has 1 aromatic heterocycles. The van der Waals surface area contributed by atoms with Crippen molar-refractivity contribution < 1.29 is 4.79 Å². The lowest BCUT2D eigenvalue weighted by Crippen LogP contribution is -2.31. The van der Waals surface area contributed by atoms with Gasteiger partial charge in [-0.05, 0) is 35.7 Å². The number of carbonyl (C=O) groups is 1. The van der Waals surface area contributed by atoms with Crippen molar-refractivity contribution in [1.29, 1.82) is 0 Å². The summed E-state index contributed by atoms with van der Waals surface area (Å²) < 4.78 is 0. The average Bonchev–Trinajstić information content (AvgIpc) is 2.70. The van der Waals surface area contributed by atoms with Gasteiger partial charge in [0.1, 0.15) is 11.5 Å². The molecular formula is C20H16Cl2N4O. The lowest BCUT2D eigenvalue weighted by Gasteiger charge is -2.29. The summed E-state index contributed by atoms with van der Waals surface area (Å²) in [5, 5.41) is 3.60. The van der Waals surface area contributed by atoms with E-state index < -0.39 is 0 Å². The maximum absolute atomic E-state index is 12.4. The van der Waals surface area contributed by atoms with Crippen LogP contribution in [-0.4, -0.2) is 22.4 Å². The van der Waals surface area contributed by atoms with Gasteiger partial charge >= 0.3 is 0 Å². The number of anilines is 2. The first-order valence-electron chi connectivity index (χ1n) is 8.50. The predicted octanol–water partition coefficient (Wildman–Crippen LogP) is 4.60. The van der Waals surface area contributed by atoms with Gasteiger partial charge in [-0.25, -0.2) is 9.97 Å². The van der Waals surface area contributed by atoms with Crippen LogP contribution in [0.4, 0.5) is 11.5 Å². The number of rotatable bonds is 3. The van der Waals surface area contributed by atoms with Crippen molar-refractivity contribution in [2.24, 2.45) is 0 Å². The third-order valence-corrected chi connectivity index (χ3v) is 5.07. The Bertz CT molecular complexity index is 992. The summed E-state index contributed by atoms with van der Waals surface area (Å²) in [5.74, 6) is 0.365. The number of halogens is 2. The largest absolute Gasteiger partial charge is 0.351 e. The fourth-order valence-corrected chi connectivity index (χ4v) is 3.41. The van der Waals surface area contributed by atoms with Gasteiger partial charge in [0.25, 0.3) is 5.91 Å². The number of hydrogen-bond acceptors (Lipinski definition) is 4. The normalized spacial score (nSPS) is 13.2. The molecule has 0 aliphatic carbocycles. The van der Waals surface area contributed by atoms with Gasteiger partial charge < -0.3 is 10.2 Å². The molecule has 1 aliphatic heterocycles. The van der Waals surface area contributed by atoms with Crippen LogP contribution in [-0.2, 0) is 13.0 Å². The molecule has 4 rings (SSSR count). The number of hydrogen-bond donors (Lipinski definition) is 1. The van der Waals surface area contributed by atoms with Crippen LogP contribution in [0, 0.1) is 0 Å². The summed E-state index contributed by atoms with van der Waals surface area (Å²) in [4.78, 5) is 23.2. The van der Waals surface area contributed by atoms with E-state index in [4.69, 9.17) is 23.2 Å². The van der Waals surface area contributed by atoms with Crippen LogP contribution in [0.2, 0.25) is 10.0 Å². The number of fused-ring (bicyclic) bond motifs is 1. The van der Waals surface area contributed by atoms with Crippen molar-refractivity contribution in [3.63, 3.8) is 0 Å². The van der Waals surface area contributed by atoms with E-state index >= 15 is 0 Å². The van der Waals surface area contributed by atoms with Crippen molar-refractivity contribution in [2.75, 3.05) is 16.8 Å². The number of amides is 1. The molecule has 0 radical (unpaired) electrons. The third kappa shape index (κ3) is 3.89. The Morgan fingerprint density at radius 2 is 1.85 bits per heavy atom. The van der Waals surface area contributed by atoms with Gasteiger partial charge in [-0.1, -0.05) is 47.5 Å². The topological polar surface area (TPSA) is 58.1 Å². The number of benzene rings is 2. The third-order valence-electron chi connectivity index (χ3n) is 4.50. The molecule has 7 heteroatoms. The molecule has 136 valence electrons. The molecule has 0 fully saturated rings. The highest BCUT2D eigenvalue weighted by Gasteiger charge is 2.18. The fourth-order valence-electron chi connectivity index (χ4n) is 3.07. The second-order valence-corrected chi connectivity index (χ2v) is 7.12. The molecule has 3 aromatic rings. The average molecular weight is 399 g/mol. The number of nitrogens with zero attached hydrogens (tertiary/aromatic N) is 3. The monoisotopic (exact) mass is 398 g/mol. The van der Waals surface area contributed by atoms with Gasteiger partial charge in [-0.3, -0.25) is 4.79 Å². The molecule has 0 spiro atoms. The molecule has 27 heavy (non-hydrogen) atoms. The Labute approximate surface area is 167 Å². The van der Waals surface area contributed by atoms with Crippen molar-refractivity contribution in [3.8, 4) is 0 Å². The van der Waals surface area contributed by atoms with Crippen LogP contribution < -0.4 is 10.2 Å². The molecule has 0 unspecified atom stereocenters. The molecular weight excluding hydrogens is 383 g/mol. The zero-order valence-electron chi connectivity index (χ0n) is 14.3. The lowest BCUT2D eigenvalue weighted by atomic mass is 10.0. The van der Waals surface area contributed by atoms with Crippen LogP contribution >= 0.6 is 23.2 Å². The van der Waals surface area contributed by atoms with Gasteiger partial charge in [-0.15, -0.1) is 0 Å². The maximum atomic E-state index is 12.4. The minimum atomic E-state index is -0.387. The second-order valence-electron chi connectivity index (χ2n) is 6.28.